The van der Waals surface area contributed by atoms with E-state index in [1.54, 1.807) is 32.9 Å². The third-order valence-corrected chi connectivity index (χ3v) is 2.20. The topological polar surface area (TPSA) is 129 Å². The van der Waals surface area contributed by atoms with Crippen LogP contribution in [0.5, 0.6) is 0 Å². The van der Waals surface area contributed by atoms with E-state index in [4.69, 9.17) is 10.3 Å². The van der Waals surface area contributed by atoms with Crippen molar-refractivity contribution in [1.82, 2.24) is 10.3 Å². The average Bonchev–Trinajstić information content (AvgIpc) is 2.43. The molecule has 0 fully saturated rings. The van der Waals surface area contributed by atoms with Gasteiger partial charge in [-0.1, -0.05) is 5.11 Å². The second-order valence-electron chi connectivity index (χ2n) is 5.33. The number of hydrogen-bond acceptors (Lipinski definition) is 5. The quantitative estimate of drug-likeness (QED) is 0.491. The normalized spacial score (nSPS) is 10.3. The smallest absolute Gasteiger partial charge is 0.408 e. The van der Waals surface area contributed by atoms with E-state index in [2.05, 4.69) is 25.6 Å². The van der Waals surface area contributed by atoms with Gasteiger partial charge in [-0.05, 0) is 38.4 Å². The van der Waals surface area contributed by atoms with Crippen molar-refractivity contribution >= 4 is 17.7 Å². The molecule has 0 unspecified atom stereocenters. The monoisotopic (exact) mass is 306 g/mol. The van der Waals surface area contributed by atoms with Crippen LogP contribution in [-0.2, 0) is 16.1 Å². The van der Waals surface area contributed by atoms with Crippen LogP contribution in [0.3, 0.4) is 0 Å². The maximum atomic E-state index is 11.7. The first kappa shape index (κ1) is 17.3. The number of rotatable bonds is 5. The maximum absolute atomic E-state index is 11.7. The lowest BCUT2D eigenvalue weighted by atomic mass is 10.2. The number of nitrogens with one attached hydrogen (secondary N) is 2. The van der Waals surface area contributed by atoms with Gasteiger partial charge >= 0.3 is 6.09 Å². The highest BCUT2D eigenvalue weighted by Gasteiger charge is 2.16. The second-order valence-corrected chi connectivity index (χ2v) is 5.33. The third kappa shape index (κ3) is 7.11. The van der Waals surface area contributed by atoms with Crippen molar-refractivity contribution in [1.29, 1.82) is 0 Å². The van der Waals surface area contributed by atoms with Crippen molar-refractivity contribution < 1.29 is 14.3 Å². The number of pyridine rings is 1. The predicted octanol–water partition coefficient (Wildman–Crippen LogP) is 2.36. The van der Waals surface area contributed by atoms with E-state index in [1.165, 1.54) is 6.20 Å². The lowest BCUT2D eigenvalue weighted by molar-refractivity contribution is -0.115. The molecule has 2 N–H and O–H groups in total. The van der Waals surface area contributed by atoms with Gasteiger partial charge in [0.25, 0.3) is 0 Å². The summed E-state index contributed by atoms with van der Waals surface area (Å²) in [5.41, 5.74) is 8.64. The van der Waals surface area contributed by atoms with E-state index in [9.17, 15) is 9.59 Å². The number of aromatic nitrogens is 1. The van der Waals surface area contributed by atoms with Crippen LogP contribution in [0.2, 0.25) is 0 Å². The molecule has 0 saturated carbocycles. The fourth-order valence-electron chi connectivity index (χ4n) is 1.37. The minimum absolute atomic E-state index is 0.144. The zero-order valence-corrected chi connectivity index (χ0v) is 12.7. The Morgan fingerprint density at radius 1 is 1.41 bits per heavy atom. The molecule has 0 aliphatic rings. The number of amides is 2. The van der Waals surface area contributed by atoms with Crippen molar-refractivity contribution in [3.05, 3.63) is 34.5 Å². The van der Waals surface area contributed by atoms with Crippen molar-refractivity contribution in [2.45, 2.75) is 32.9 Å². The van der Waals surface area contributed by atoms with Gasteiger partial charge in [0.1, 0.15) is 12.1 Å². The highest BCUT2D eigenvalue weighted by molar-refractivity contribution is 5.93. The van der Waals surface area contributed by atoms with Gasteiger partial charge in [-0.15, -0.1) is 0 Å². The second kappa shape index (κ2) is 7.84. The molecule has 1 aromatic heterocycles. The van der Waals surface area contributed by atoms with Crippen LogP contribution in [0.15, 0.2) is 23.4 Å². The fraction of sp³-hybridized carbons (Fsp3) is 0.462. The Morgan fingerprint density at radius 2 is 2.14 bits per heavy atom. The molecule has 2 amide bonds. The van der Waals surface area contributed by atoms with Gasteiger partial charge in [-0.25, -0.2) is 4.79 Å². The van der Waals surface area contributed by atoms with Crippen LogP contribution < -0.4 is 10.6 Å². The van der Waals surface area contributed by atoms with E-state index in [0.717, 1.165) is 0 Å². The largest absolute Gasteiger partial charge is 0.444 e. The number of hydrogen-bond donors (Lipinski definition) is 2. The molecule has 1 heterocycles. The van der Waals surface area contributed by atoms with Crippen LogP contribution in [0.25, 0.3) is 10.4 Å². The van der Waals surface area contributed by atoms with Crippen LogP contribution >= 0.6 is 0 Å². The molecule has 1 aromatic rings. The molecule has 0 aliphatic heterocycles. The molecule has 0 aromatic carbocycles. The van der Waals surface area contributed by atoms with E-state index in [0.29, 0.717) is 11.4 Å². The SMILES string of the molecule is CC(C)(C)OC(=O)NCC(=O)Nc1ccc(CN=[N+]=[N-])nc1. The van der Waals surface area contributed by atoms with Gasteiger partial charge in [0.15, 0.2) is 0 Å². The number of alkyl carbamates (subject to hydrolysis) is 1. The van der Waals surface area contributed by atoms with E-state index in [-0.39, 0.29) is 13.1 Å². The van der Waals surface area contributed by atoms with Gasteiger partial charge in [-0.3, -0.25) is 9.78 Å². The Kier molecular flexibility index (Phi) is 6.15. The number of carbonyl (C=O) groups excluding carboxylic acids is 2. The van der Waals surface area contributed by atoms with Crippen LogP contribution in [0.4, 0.5) is 10.5 Å². The Bertz CT molecular complexity index is 572. The number of ether oxygens (including phenoxy) is 1. The van der Waals surface area contributed by atoms with E-state index in [1.807, 2.05) is 0 Å². The van der Waals surface area contributed by atoms with Crippen molar-refractivity contribution in [3.8, 4) is 0 Å². The zero-order valence-electron chi connectivity index (χ0n) is 12.7. The number of azide groups is 1. The van der Waals surface area contributed by atoms with Gasteiger partial charge in [0.2, 0.25) is 5.91 Å². The first-order valence-corrected chi connectivity index (χ1v) is 6.52. The minimum atomic E-state index is -0.662. The average molecular weight is 306 g/mol. The molecule has 0 aliphatic carbocycles. The molecule has 0 bridgehead atoms. The molecule has 0 spiro atoms. The molecule has 118 valence electrons. The zero-order chi connectivity index (χ0) is 16.6. The van der Waals surface area contributed by atoms with Crippen molar-refractivity contribution in [2.75, 3.05) is 11.9 Å². The molecular formula is C13H18N6O3. The number of anilines is 1. The van der Waals surface area contributed by atoms with Crippen LogP contribution in [0, 0.1) is 0 Å². The number of nitrogens with zero attached hydrogens (tertiary/aromatic N) is 4. The van der Waals surface area contributed by atoms with E-state index < -0.39 is 17.6 Å². The van der Waals surface area contributed by atoms with Crippen molar-refractivity contribution in [2.24, 2.45) is 5.11 Å². The summed E-state index contributed by atoms with van der Waals surface area (Å²) in [6.45, 7) is 5.13. The van der Waals surface area contributed by atoms with Crippen molar-refractivity contribution in [3.63, 3.8) is 0 Å². The standard InChI is InChI=1S/C13H18N6O3/c1-13(2,3)22-12(21)16-8-11(20)18-10-5-4-9(15-6-10)7-17-19-14/h4-6H,7-8H2,1-3H3,(H,16,21)(H,18,20). The Morgan fingerprint density at radius 3 is 2.68 bits per heavy atom. The summed E-state index contributed by atoms with van der Waals surface area (Å²) >= 11 is 0. The maximum Gasteiger partial charge on any atom is 0.408 e. The summed E-state index contributed by atoms with van der Waals surface area (Å²) in [4.78, 5) is 29.7. The summed E-state index contributed by atoms with van der Waals surface area (Å²) in [5, 5.41) is 8.30. The Labute approximate surface area is 127 Å². The molecule has 1 rings (SSSR count). The molecule has 22 heavy (non-hydrogen) atoms. The predicted molar refractivity (Wildman–Crippen MR) is 80.0 cm³/mol. The summed E-state index contributed by atoms with van der Waals surface area (Å²) < 4.78 is 5.01. The van der Waals surface area contributed by atoms with Gasteiger partial charge in [0, 0.05) is 10.6 Å². The summed E-state index contributed by atoms with van der Waals surface area (Å²) in [7, 11) is 0. The van der Waals surface area contributed by atoms with Gasteiger partial charge in [0.05, 0.1) is 18.4 Å². The summed E-state index contributed by atoms with van der Waals surface area (Å²) in [5.74, 6) is -0.407. The summed E-state index contributed by atoms with van der Waals surface area (Å²) in [6.07, 6.45) is 0.777. The van der Waals surface area contributed by atoms with Crippen LogP contribution in [-0.4, -0.2) is 29.1 Å². The molecule has 0 atom stereocenters. The first-order valence-electron chi connectivity index (χ1n) is 6.52. The van der Waals surface area contributed by atoms with Gasteiger partial charge in [-0.2, -0.15) is 0 Å². The van der Waals surface area contributed by atoms with Crippen LogP contribution in [0.1, 0.15) is 26.5 Å². The minimum Gasteiger partial charge on any atom is -0.444 e. The summed E-state index contributed by atoms with van der Waals surface area (Å²) in [6, 6.07) is 3.26. The number of carbonyl (C=O) groups is 2. The molecule has 9 heteroatoms. The van der Waals surface area contributed by atoms with E-state index >= 15 is 0 Å². The van der Waals surface area contributed by atoms with Gasteiger partial charge < -0.3 is 15.4 Å². The molecular weight excluding hydrogens is 288 g/mol. The Hall–Kier alpha value is -2.80. The third-order valence-electron chi connectivity index (χ3n) is 2.20. The Balaban J connectivity index is 2.42. The highest BCUT2D eigenvalue weighted by Crippen LogP contribution is 2.08. The molecule has 0 saturated heterocycles. The highest BCUT2D eigenvalue weighted by atomic mass is 16.6. The fourth-order valence-corrected chi connectivity index (χ4v) is 1.37. The lowest BCUT2D eigenvalue weighted by Gasteiger charge is -2.19. The molecule has 0 radical (unpaired) electrons. The molecule has 9 nitrogen and oxygen atoms in total. The first-order chi connectivity index (χ1) is 10.3. The lowest BCUT2D eigenvalue weighted by Crippen LogP contribution is -2.37.